The third kappa shape index (κ3) is 5.36. The number of ether oxygens (including phenoxy) is 1. The zero-order valence-corrected chi connectivity index (χ0v) is 15.9. The molecule has 0 radical (unpaired) electrons. The number of nitrogens with one attached hydrogen (secondary N) is 2. The molecular weight excluding hydrogens is 343 g/mol. The molecular formula is C21H27FN4O. The number of halogens is 1. The predicted molar refractivity (Wildman–Crippen MR) is 108 cm³/mol. The van der Waals surface area contributed by atoms with Gasteiger partial charge in [0.05, 0.1) is 6.54 Å². The van der Waals surface area contributed by atoms with E-state index in [2.05, 4.69) is 44.8 Å². The highest BCUT2D eigenvalue weighted by atomic mass is 19.1. The van der Waals surface area contributed by atoms with E-state index in [-0.39, 0.29) is 17.7 Å². The third-order valence-electron chi connectivity index (χ3n) is 4.60. The second-order valence-electron chi connectivity index (χ2n) is 6.72. The van der Waals surface area contributed by atoms with Crippen molar-refractivity contribution in [2.45, 2.75) is 25.5 Å². The molecule has 3 rings (SSSR count). The van der Waals surface area contributed by atoms with Crippen LogP contribution in [-0.4, -0.2) is 44.8 Å². The summed E-state index contributed by atoms with van der Waals surface area (Å²) < 4.78 is 19.3. The van der Waals surface area contributed by atoms with Crippen LogP contribution in [0, 0.1) is 5.82 Å². The first kappa shape index (κ1) is 19.0. The second-order valence-corrected chi connectivity index (χ2v) is 6.72. The van der Waals surface area contributed by atoms with Gasteiger partial charge in [-0.2, -0.15) is 0 Å². The number of anilines is 1. The van der Waals surface area contributed by atoms with Crippen LogP contribution in [0.3, 0.4) is 0 Å². The van der Waals surface area contributed by atoms with E-state index in [9.17, 15) is 4.39 Å². The smallest absolute Gasteiger partial charge is 0.191 e. The number of aliphatic imine (C=N–C) groups is 1. The maximum absolute atomic E-state index is 13.7. The zero-order valence-electron chi connectivity index (χ0n) is 15.9. The average Bonchev–Trinajstić information content (AvgIpc) is 3.16. The lowest BCUT2D eigenvalue weighted by Crippen LogP contribution is -2.47. The Morgan fingerprint density at radius 2 is 1.96 bits per heavy atom. The van der Waals surface area contributed by atoms with E-state index in [1.807, 2.05) is 13.0 Å². The molecule has 2 aromatic rings. The van der Waals surface area contributed by atoms with Crippen LogP contribution in [0.2, 0.25) is 0 Å². The zero-order chi connectivity index (χ0) is 19.1. The topological polar surface area (TPSA) is 48.9 Å². The summed E-state index contributed by atoms with van der Waals surface area (Å²) in [7, 11) is 1.75. The maximum Gasteiger partial charge on any atom is 0.191 e. The summed E-state index contributed by atoms with van der Waals surface area (Å²) in [6.07, 6.45) is 0.862. The summed E-state index contributed by atoms with van der Waals surface area (Å²) in [5.41, 5.74) is 1.25. The lowest BCUT2D eigenvalue weighted by Gasteiger charge is -2.21. The highest BCUT2D eigenvalue weighted by Gasteiger charge is 2.23. The van der Waals surface area contributed by atoms with E-state index in [0.717, 1.165) is 25.5 Å². The number of benzene rings is 2. The Morgan fingerprint density at radius 3 is 2.70 bits per heavy atom. The molecule has 1 aliphatic heterocycles. The summed E-state index contributed by atoms with van der Waals surface area (Å²) in [6.45, 7) is 4.39. The monoisotopic (exact) mass is 370 g/mol. The lowest BCUT2D eigenvalue weighted by atomic mass is 10.2. The van der Waals surface area contributed by atoms with Gasteiger partial charge in [0.15, 0.2) is 17.5 Å². The van der Waals surface area contributed by atoms with Crippen molar-refractivity contribution in [1.29, 1.82) is 0 Å². The molecule has 0 amide bonds. The Hall–Kier alpha value is -2.76. The van der Waals surface area contributed by atoms with Gasteiger partial charge in [0.25, 0.3) is 0 Å². The Kier molecular flexibility index (Phi) is 6.52. The quantitative estimate of drug-likeness (QED) is 0.606. The number of guanidine groups is 1. The molecule has 2 unspecified atom stereocenters. The second kappa shape index (κ2) is 9.26. The highest BCUT2D eigenvalue weighted by molar-refractivity contribution is 5.80. The Labute approximate surface area is 160 Å². The Bertz CT molecular complexity index is 753. The number of hydrogen-bond acceptors (Lipinski definition) is 3. The van der Waals surface area contributed by atoms with Gasteiger partial charge in [-0.3, -0.25) is 4.99 Å². The van der Waals surface area contributed by atoms with Crippen molar-refractivity contribution in [2.24, 2.45) is 4.99 Å². The van der Waals surface area contributed by atoms with Crippen molar-refractivity contribution in [3.05, 3.63) is 60.4 Å². The van der Waals surface area contributed by atoms with E-state index in [0.29, 0.717) is 12.6 Å². The van der Waals surface area contributed by atoms with Crippen molar-refractivity contribution < 1.29 is 9.13 Å². The molecule has 0 bridgehead atoms. The van der Waals surface area contributed by atoms with Crippen LogP contribution in [0.1, 0.15) is 13.3 Å². The largest absolute Gasteiger partial charge is 0.486 e. The van der Waals surface area contributed by atoms with Gasteiger partial charge in [-0.25, -0.2) is 4.39 Å². The van der Waals surface area contributed by atoms with Gasteiger partial charge in [-0.15, -0.1) is 0 Å². The van der Waals surface area contributed by atoms with Crippen molar-refractivity contribution in [3.8, 4) is 5.75 Å². The van der Waals surface area contributed by atoms with E-state index in [1.54, 1.807) is 25.2 Å². The standard InChI is InChI=1S/C21H27FN4O/c1-16(27-20-11-7-6-10-19(20)22)14-24-21(23-2)25-17-12-13-26(15-17)18-8-4-3-5-9-18/h3-11,16-17H,12-15H2,1-2H3,(H2,23,24,25). The molecule has 1 aliphatic rings. The lowest BCUT2D eigenvalue weighted by molar-refractivity contribution is 0.214. The van der Waals surface area contributed by atoms with Crippen molar-refractivity contribution in [2.75, 3.05) is 31.6 Å². The van der Waals surface area contributed by atoms with Gasteiger partial charge < -0.3 is 20.3 Å². The van der Waals surface area contributed by atoms with Crippen LogP contribution in [-0.2, 0) is 0 Å². The minimum atomic E-state index is -0.348. The van der Waals surface area contributed by atoms with Gasteiger partial charge in [0, 0.05) is 31.9 Å². The minimum absolute atomic E-state index is 0.190. The molecule has 2 N–H and O–H groups in total. The van der Waals surface area contributed by atoms with Gasteiger partial charge in [-0.1, -0.05) is 30.3 Å². The first-order valence-corrected chi connectivity index (χ1v) is 9.34. The molecule has 2 atom stereocenters. The molecule has 0 spiro atoms. The van der Waals surface area contributed by atoms with Crippen LogP contribution in [0.5, 0.6) is 5.75 Å². The Balaban J connectivity index is 1.45. The van der Waals surface area contributed by atoms with Crippen LogP contribution in [0.15, 0.2) is 59.6 Å². The maximum atomic E-state index is 13.7. The number of nitrogens with zero attached hydrogens (tertiary/aromatic N) is 2. The SMILES string of the molecule is CN=C(NCC(C)Oc1ccccc1F)NC1CCN(c2ccccc2)C1. The fourth-order valence-electron chi connectivity index (χ4n) is 3.18. The number of rotatable bonds is 6. The van der Waals surface area contributed by atoms with Crippen molar-refractivity contribution >= 4 is 11.6 Å². The first-order valence-electron chi connectivity index (χ1n) is 9.34. The molecule has 6 heteroatoms. The molecule has 2 aromatic carbocycles. The minimum Gasteiger partial charge on any atom is -0.486 e. The fourth-order valence-corrected chi connectivity index (χ4v) is 3.18. The molecule has 144 valence electrons. The van der Waals surface area contributed by atoms with Crippen molar-refractivity contribution in [3.63, 3.8) is 0 Å². The van der Waals surface area contributed by atoms with Gasteiger partial charge in [0.2, 0.25) is 0 Å². The van der Waals surface area contributed by atoms with Crippen LogP contribution >= 0.6 is 0 Å². The summed E-state index contributed by atoms with van der Waals surface area (Å²) in [5, 5.41) is 6.73. The third-order valence-corrected chi connectivity index (χ3v) is 4.60. The first-order chi connectivity index (χ1) is 13.2. The summed E-state index contributed by atoms with van der Waals surface area (Å²) in [6, 6.07) is 17.2. The summed E-state index contributed by atoms with van der Waals surface area (Å²) >= 11 is 0. The normalized spacial score (nSPS) is 18.3. The van der Waals surface area contributed by atoms with Crippen LogP contribution in [0.25, 0.3) is 0 Å². The summed E-state index contributed by atoms with van der Waals surface area (Å²) in [4.78, 5) is 6.66. The van der Waals surface area contributed by atoms with Gasteiger partial charge in [0.1, 0.15) is 6.10 Å². The molecule has 5 nitrogen and oxygen atoms in total. The fraction of sp³-hybridized carbons (Fsp3) is 0.381. The molecule has 0 aliphatic carbocycles. The Morgan fingerprint density at radius 1 is 1.22 bits per heavy atom. The number of hydrogen-bond donors (Lipinski definition) is 2. The van der Waals surface area contributed by atoms with Gasteiger partial charge >= 0.3 is 0 Å². The average molecular weight is 370 g/mol. The van der Waals surface area contributed by atoms with E-state index in [1.165, 1.54) is 11.8 Å². The molecule has 1 fully saturated rings. The highest BCUT2D eigenvalue weighted by Crippen LogP contribution is 2.19. The molecule has 0 aromatic heterocycles. The summed E-state index contributed by atoms with van der Waals surface area (Å²) in [5.74, 6) is 0.654. The molecule has 27 heavy (non-hydrogen) atoms. The molecule has 0 saturated carbocycles. The predicted octanol–water partition coefficient (Wildman–Crippen LogP) is 3.04. The van der Waals surface area contributed by atoms with Crippen LogP contribution < -0.4 is 20.3 Å². The number of para-hydroxylation sites is 2. The van der Waals surface area contributed by atoms with E-state index in [4.69, 9.17) is 4.74 Å². The molecule has 1 saturated heterocycles. The van der Waals surface area contributed by atoms with Crippen LogP contribution in [0.4, 0.5) is 10.1 Å². The molecule has 1 heterocycles. The van der Waals surface area contributed by atoms with E-state index >= 15 is 0 Å². The van der Waals surface area contributed by atoms with Gasteiger partial charge in [-0.05, 0) is 37.6 Å². The van der Waals surface area contributed by atoms with Crippen molar-refractivity contribution in [1.82, 2.24) is 10.6 Å². The van der Waals surface area contributed by atoms with E-state index < -0.39 is 0 Å².